The molecule has 0 radical (unpaired) electrons. The fourth-order valence-corrected chi connectivity index (χ4v) is 4.84. The van der Waals surface area contributed by atoms with Crippen molar-refractivity contribution in [2.24, 2.45) is 0 Å². The van der Waals surface area contributed by atoms with Gasteiger partial charge in [-0.3, -0.25) is 0 Å². The van der Waals surface area contributed by atoms with Crippen molar-refractivity contribution in [1.29, 1.82) is 0 Å². The molecule has 120 valence electrons. The average molecular weight is 370 g/mol. The lowest BCUT2D eigenvalue weighted by molar-refractivity contribution is 0.477. The molecule has 2 aromatic rings. The van der Waals surface area contributed by atoms with Crippen LogP contribution >= 0.6 is 12.3 Å². The van der Waals surface area contributed by atoms with Gasteiger partial charge in [0.2, 0.25) is 0 Å². The second-order valence-corrected chi connectivity index (χ2v) is 8.44. The van der Waals surface area contributed by atoms with Crippen LogP contribution in [0.5, 0.6) is 0 Å². The molecule has 9 heteroatoms. The van der Waals surface area contributed by atoms with E-state index in [1.807, 2.05) is 0 Å². The predicted molar refractivity (Wildman–Crippen MR) is 85.9 cm³/mol. The van der Waals surface area contributed by atoms with Crippen LogP contribution in [0.15, 0.2) is 58.3 Å². The summed E-state index contributed by atoms with van der Waals surface area (Å²) in [6.45, 7) is 0. The summed E-state index contributed by atoms with van der Waals surface area (Å²) < 4.78 is 57.8. The highest BCUT2D eigenvalue weighted by atomic mass is 32.3. The van der Waals surface area contributed by atoms with Gasteiger partial charge in [-0.05, 0) is 23.3 Å². The van der Waals surface area contributed by atoms with Gasteiger partial charge >= 0.3 is 20.2 Å². The quantitative estimate of drug-likeness (QED) is 0.659. The molecule has 0 saturated heterocycles. The summed E-state index contributed by atoms with van der Waals surface area (Å²) in [5.74, 6) is 0. The van der Waals surface area contributed by atoms with Crippen molar-refractivity contribution in [2.45, 2.75) is 9.79 Å². The zero-order chi connectivity index (χ0) is 16.5. The third-order valence-corrected chi connectivity index (χ3v) is 6.75. The average Bonchev–Trinajstić information content (AvgIpc) is 2.53. The maximum absolute atomic E-state index is 12.2. The molecule has 1 heterocycles. The molecule has 6 nitrogen and oxygen atoms in total. The van der Waals surface area contributed by atoms with Crippen molar-refractivity contribution in [3.05, 3.63) is 59.7 Å². The molecule has 0 aliphatic carbocycles. The van der Waals surface area contributed by atoms with Crippen molar-refractivity contribution in [3.8, 4) is 0 Å². The largest absolute Gasteiger partial charge is 0.310 e. The first-order valence-corrected chi connectivity index (χ1v) is 9.79. The molecule has 0 spiro atoms. The first-order valence-electron chi connectivity index (χ1n) is 6.31. The van der Waals surface area contributed by atoms with Crippen LogP contribution in [0.4, 0.5) is 0 Å². The Hall–Kier alpha value is -1.65. The van der Waals surface area contributed by atoms with Crippen molar-refractivity contribution in [2.75, 3.05) is 0 Å². The van der Waals surface area contributed by atoms with E-state index in [2.05, 4.69) is 7.26 Å². The zero-order valence-electron chi connectivity index (χ0n) is 11.4. The Morgan fingerprint density at radius 1 is 0.652 bits per heavy atom. The summed E-state index contributed by atoms with van der Waals surface area (Å²) in [6.07, 6.45) is 3.03. The van der Waals surface area contributed by atoms with Gasteiger partial charge in [0.25, 0.3) is 0 Å². The summed E-state index contributed by atoms with van der Waals surface area (Å²) in [6, 6.07) is 12.4. The van der Waals surface area contributed by atoms with Gasteiger partial charge in [-0.15, -0.1) is 0 Å². The molecular formula is C14H10O6S3. The molecule has 0 fully saturated rings. The molecule has 0 aromatic heterocycles. The minimum Gasteiger partial charge on any atom is -0.193 e. The van der Waals surface area contributed by atoms with Crippen molar-refractivity contribution in [1.82, 2.24) is 0 Å². The number of hydrogen-bond donors (Lipinski definition) is 0. The Bertz CT molecular complexity index is 898. The van der Waals surface area contributed by atoms with Crippen molar-refractivity contribution in [3.63, 3.8) is 0 Å². The van der Waals surface area contributed by atoms with E-state index in [0.717, 1.165) is 0 Å². The Labute approximate surface area is 138 Å². The molecule has 0 bridgehead atoms. The van der Waals surface area contributed by atoms with Gasteiger partial charge < -0.3 is 0 Å². The van der Waals surface area contributed by atoms with Gasteiger partial charge in [0.1, 0.15) is 9.79 Å². The molecule has 0 amide bonds. The highest BCUT2D eigenvalue weighted by Crippen LogP contribution is 2.30. The zero-order valence-corrected chi connectivity index (χ0v) is 13.9. The summed E-state index contributed by atoms with van der Waals surface area (Å²) >= 11 is -0.102. The fourth-order valence-electron chi connectivity index (χ4n) is 2.03. The van der Waals surface area contributed by atoms with Crippen LogP contribution in [0.2, 0.25) is 0 Å². The molecular weight excluding hydrogens is 360 g/mol. The first-order chi connectivity index (χ1) is 10.9. The standard InChI is InChI=1S/C14H10O6S3/c15-22(16)13-7-3-1-5-11(13)9-10-12-6-2-4-8-14(12)23(17,18)20-21-19-22/h1-10H. The van der Waals surface area contributed by atoms with E-state index < -0.39 is 20.2 Å². The topological polar surface area (TPSA) is 86.7 Å². The van der Waals surface area contributed by atoms with Crippen LogP contribution in [0, 0.1) is 0 Å². The number of benzene rings is 2. The van der Waals surface area contributed by atoms with E-state index in [9.17, 15) is 16.8 Å². The minimum atomic E-state index is -4.17. The maximum atomic E-state index is 12.2. The summed E-state index contributed by atoms with van der Waals surface area (Å²) in [4.78, 5) is -0.159. The Kier molecular flexibility index (Phi) is 4.30. The fraction of sp³-hybridized carbons (Fsp3) is 0. The van der Waals surface area contributed by atoms with Crippen molar-refractivity contribution < 1.29 is 24.1 Å². The van der Waals surface area contributed by atoms with E-state index in [0.29, 0.717) is 11.1 Å². The van der Waals surface area contributed by atoms with Gasteiger partial charge in [0.15, 0.2) is 12.3 Å². The molecule has 2 aromatic carbocycles. The maximum Gasteiger partial charge on any atom is 0.310 e. The van der Waals surface area contributed by atoms with E-state index in [1.54, 1.807) is 36.4 Å². The highest BCUT2D eigenvalue weighted by Gasteiger charge is 2.25. The Morgan fingerprint density at radius 2 is 1.04 bits per heavy atom. The van der Waals surface area contributed by atoms with Gasteiger partial charge in [-0.2, -0.15) is 24.1 Å². The van der Waals surface area contributed by atoms with Crippen LogP contribution in [0.1, 0.15) is 11.1 Å². The number of hydrogen-bond acceptors (Lipinski definition) is 7. The Balaban J connectivity index is 2.23. The lowest BCUT2D eigenvalue weighted by atomic mass is 10.1. The molecule has 1 aliphatic heterocycles. The molecule has 0 saturated carbocycles. The van der Waals surface area contributed by atoms with Crippen LogP contribution < -0.4 is 0 Å². The second kappa shape index (κ2) is 6.10. The van der Waals surface area contributed by atoms with Gasteiger partial charge in [-0.1, -0.05) is 48.6 Å². The van der Waals surface area contributed by atoms with Crippen molar-refractivity contribution >= 4 is 44.7 Å². The molecule has 3 rings (SSSR count). The summed E-state index contributed by atoms with van der Waals surface area (Å²) in [5, 5.41) is 0. The van der Waals surface area contributed by atoms with Crippen LogP contribution in [-0.4, -0.2) is 16.8 Å². The second-order valence-electron chi connectivity index (χ2n) is 4.52. The van der Waals surface area contributed by atoms with E-state index in [4.69, 9.17) is 0 Å². The molecule has 23 heavy (non-hydrogen) atoms. The normalized spacial score (nSPS) is 19.1. The van der Waals surface area contributed by atoms with Crippen LogP contribution in [0.3, 0.4) is 0 Å². The first kappa shape index (κ1) is 16.2. The molecule has 0 N–H and O–H groups in total. The van der Waals surface area contributed by atoms with E-state index in [1.165, 1.54) is 24.3 Å². The third-order valence-electron chi connectivity index (χ3n) is 3.05. The summed E-state index contributed by atoms with van der Waals surface area (Å²) in [5.41, 5.74) is 0.754. The van der Waals surface area contributed by atoms with Gasteiger partial charge in [0, 0.05) is 0 Å². The predicted octanol–water partition coefficient (Wildman–Crippen LogP) is 2.84. The highest BCUT2D eigenvalue weighted by molar-refractivity contribution is 8.07. The smallest absolute Gasteiger partial charge is 0.193 e. The van der Waals surface area contributed by atoms with Gasteiger partial charge in [-0.25, -0.2) is 0 Å². The molecule has 1 aliphatic rings. The SMILES string of the molecule is O=S1(=O)OSOS(=O)(=O)c2ccccc2C=Cc2ccccc21. The minimum absolute atomic E-state index is 0.0795. The van der Waals surface area contributed by atoms with Crippen LogP contribution in [0.25, 0.3) is 12.2 Å². The van der Waals surface area contributed by atoms with E-state index in [-0.39, 0.29) is 22.1 Å². The van der Waals surface area contributed by atoms with E-state index >= 15 is 0 Å². The summed E-state index contributed by atoms with van der Waals surface area (Å²) in [7, 11) is -8.35. The van der Waals surface area contributed by atoms with Crippen LogP contribution in [-0.2, 0) is 27.5 Å². The monoisotopic (exact) mass is 370 g/mol. The van der Waals surface area contributed by atoms with Gasteiger partial charge in [0.05, 0.1) is 0 Å². The number of fused-ring (bicyclic) bond motifs is 2. The lowest BCUT2D eigenvalue weighted by Crippen LogP contribution is -2.07. The third kappa shape index (κ3) is 3.33. The number of rotatable bonds is 0. The Morgan fingerprint density at radius 3 is 1.48 bits per heavy atom. The lowest BCUT2D eigenvalue weighted by Gasteiger charge is -2.06. The molecule has 0 unspecified atom stereocenters. The molecule has 0 atom stereocenters.